The fourth-order valence-electron chi connectivity index (χ4n) is 4.73. The van der Waals surface area contributed by atoms with Crippen LogP contribution in [0.5, 0.6) is 0 Å². The van der Waals surface area contributed by atoms with Crippen molar-refractivity contribution in [3.63, 3.8) is 0 Å². The maximum atomic E-state index is 14.4. The van der Waals surface area contributed by atoms with Gasteiger partial charge in [-0.3, -0.25) is 9.59 Å². The Kier molecular flexibility index (Phi) is 12.6. The predicted octanol–water partition coefficient (Wildman–Crippen LogP) is 7.58. The molecule has 0 fully saturated rings. The summed E-state index contributed by atoms with van der Waals surface area (Å²) in [5.41, 5.74) is 3.41. The number of unbranched alkanes of at least 4 members (excludes halogenated alkanes) is 3. The van der Waals surface area contributed by atoms with E-state index < -0.39 is 23.8 Å². The number of aryl methyl sites for hydroxylation is 2. The number of nitrogens with zero attached hydrogens (tertiary/aromatic N) is 1. The van der Waals surface area contributed by atoms with Gasteiger partial charge in [-0.2, -0.15) is 0 Å². The van der Waals surface area contributed by atoms with Crippen LogP contribution < -0.4 is 10.6 Å². The van der Waals surface area contributed by atoms with Gasteiger partial charge in [0.25, 0.3) is 5.91 Å². The lowest BCUT2D eigenvalue weighted by Gasteiger charge is -2.36. The van der Waals surface area contributed by atoms with Gasteiger partial charge in [-0.15, -0.1) is 0 Å². The largest absolute Gasteiger partial charge is 0.444 e. The SMILES string of the molecule is C=Cc1cccc(C(C(=O)Nc2c(C)cccc2C)N(CCCCCC)C(=O)C(NC(=O)OC(C)(C)C)C(C)C)c1. The highest BCUT2D eigenvalue weighted by Crippen LogP contribution is 2.29. The average Bonchev–Trinajstić information content (AvgIpc) is 2.89. The Morgan fingerprint density at radius 2 is 1.63 bits per heavy atom. The lowest BCUT2D eigenvalue weighted by molar-refractivity contribution is -0.141. The van der Waals surface area contributed by atoms with Crippen LogP contribution in [0.3, 0.4) is 0 Å². The van der Waals surface area contributed by atoms with Crippen molar-refractivity contribution in [3.8, 4) is 0 Å². The molecule has 0 aliphatic carbocycles. The second-order valence-electron chi connectivity index (χ2n) is 12.0. The predicted molar refractivity (Wildman–Crippen MR) is 168 cm³/mol. The van der Waals surface area contributed by atoms with Crippen LogP contribution in [0.2, 0.25) is 0 Å². The number of anilines is 1. The summed E-state index contributed by atoms with van der Waals surface area (Å²) in [6, 6.07) is 11.6. The zero-order valence-electron chi connectivity index (χ0n) is 26.2. The Morgan fingerprint density at radius 1 is 1.00 bits per heavy atom. The molecule has 0 radical (unpaired) electrons. The highest BCUT2D eigenvalue weighted by atomic mass is 16.6. The van der Waals surface area contributed by atoms with E-state index >= 15 is 0 Å². The summed E-state index contributed by atoms with van der Waals surface area (Å²) in [5, 5.41) is 5.91. The number of hydrogen-bond acceptors (Lipinski definition) is 4. The molecule has 0 saturated carbocycles. The van der Waals surface area contributed by atoms with E-state index in [1.807, 2.05) is 70.2 Å². The molecule has 0 heterocycles. The topological polar surface area (TPSA) is 87.7 Å². The maximum absolute atomic E-state index is 14.4. The number of hydrogen-bond donors (Lipinski definition) is 2. The number of rotatable bonds is 13. The summed E-state index contributed by atoms with van der Waals surface area (Å²) in [4.78, 5) is 43.0. The lowest BCUT2D eigenvalue weighted by atomic mass is 9.97. The van der Waals surface area contributed by atoms with Gasteiger partial charge in [0.15, 0.2) is 0 Å². The Morgan fingerprint density at radius 3 is 2.20 bits per heavy atom. The van der Waals surface area contributed by atoms with Crippen LogP contribution in [-0.2, 0) is 14.3 Å². The van der Waals surface area contributed by atoms with Gasteiger partial charge in [0, 0.05) is 12.2 Å². The fraction of sp³-hybridized carbons (Fsp3) is 0.500. The molecule has 2 N–H and O–H groups in total. The van der Waals surface area contributed by atoms with E-state index in [1.54, 1.807) is 31.7 Å². The van der Waals surface area contributed by atoms with E-state index in [0.717, 1.165) is 48.1 Å². The molecule has 7 heteroatoms. The average molecular weight is 564 g/mol. The monoisotopic (exact) mass is 563 g/mol. The molecule has 0 saturated heterocycles. The first-order valence-electron chi connectivity index (χ1n) is 14.7. The van der Waals surface area contributed by atoms with Gasteiger partial charge in [-0.05, 0) is 75.3 Å². The molecule has 2 unspecified atom stereocenters. The van der Waals surface area contributed by atoms with Crippen molar-refractivity contribution < 1.29 is 19.1 Å². The second-order valence-corrected chi connectivity index (χ2v) is 12.0. The van der Waals surface area contributed by atoms with Crippen LogP contribution in [0.1, 0.15) is 95.5 Å². The molecule has 0 aliphatic rings. The molecule has 3 amide bonds. The quantitative estimate of drug-likeness (QED) is 0.246. The minimum Gasteiger partial charge on any atom is -0.444 e. The third kappa shape index (κ3) is 10.1. The van der Waals surface area contributed by atoms with E-state index in [1.165, 1.54) is 0 Å². The molecular weight excluding hydrogens is 514 g/mol. The summed E-state index contributed by atoms with van der Waals surface area (Å²) in [7, 11) is 0. The van der Waals surface area contributed by atoms with Gasteiger partial charge < -0.3 is 20.3 Å². The number of para-hydroxylation sites is 1. The third-order valence-corrected chi connectivity index (χ3v) is 6.89. The van der Waals surface area contributed by atoms with E-state index in [0.29, 0.717) is 12.1 Å². The number of carbonyl (C=O) groups is 3. The van der Waals surface area contributed by atoms with E-state index in [4.69, 9.17) is 4.74 Å². The van der Waals surface area contributed by atoms with Crippen molar-refractivity contribution in [2.45, 2.75) is 98.8 Å². The molecule has 2 aromatic carbocycles. The van der Waals surface area contributed by atoms with Crippen LogP contribution in [-0.4, -0.2) is 41.0 Å². The summed E-state index contributed by atoms with van der Waals surface area (Å²) in [6.07, 6.45) is 4.77. The van der Waals surface area contributed by atoms with Crippen molar-refractivity contribution in [2.24, 2.45) is 5.92 Å². The van der Waals surface area contributed by atoms with Crippen LogP contribution in [0.25, 0.3) is 6.08 Å². The van der Waals surface area contributed by atoms with Crippen LogP contribution in [0.15, 0.2) is 49.0 Å². The molecule has 2 atom stereocenters. The van der Waals surface area contributed by atoms with Crippen LogP contribution >= 0.6 is 0 Å². The van der Waals surface area contributed by atoms with Crippen molar-refractivity contribution in [2.75, 3.05) is 11.9 Å². The zero-order chi connectivity index (χ0) is 30.7. The second kappa shape index (κ2) is 15.4. The number of carbonyl (C=O) groups excluding carboxylic acids is 3. The normalized spacial score (nSPS) is 12.8. The Balaban J connectivity index is 2.61. The molecule has 7 nitrogen and oxygen atoms in total. The Labute approximate surface area is 246 Å². The first-order valence-corrected chi connectivity index (χ1v) is 14.7. The van der Waals surface area contributed by atoms with Crippen molar-refractivity contribution in [1.82, 2.24) is 10.2 Å². The number of benzene rings is 2. The Hall–Kier alpha value is -3.61. The number of alkyl carbamates (subject to hydrolysis) is 1. The number of amides is 3. The lowest BCUT2D eigenvalue weighted by Crippen LogP contribution is -2.54. The minimum atomic E-state index is -0.926. The molecule has 0 aromatic heterocycles. The summed E-state index contributed by atoms with van der Waals surface area (Å²) >= 11 is 0. The van der Waals surface area contributed by atoms with Crippen molar-refractivity contribution in [1.29, 1.82) is 0 Å². The number of nitrogens with one attached hydrogen (secondary N) is 2. The molecule has 224 valence electrons. The van der Waals surface area contributed by atoms with Gasteiger partial charge in [-0.25, -0.2) is 4.79 Å². The molecule has 41 heavy (non-hydrogen) atoms. The first kappa shape index (κ1) is 33.6. The van der Waals surface area contributed by atoms with Crippen molar-refractivity contribution >= 4 is 29.7 Å². The van der Waals surface area contributed by atoms with Gasteiger partial charge in [-0.1, -0.05) is 89.1 Å². The van der Waals surface area contributed by atoms with Crippen LogP contribution in [0, 0.1) is 19.8 Å². The minimum absolute atomic E-state index is 0.241. The Bertz CT molecular complexity index is 1180. The summed E-state index contributed by atoms with van der Waals surface area (Å²) < 4.78 is 5.48. The standard InChI is InChI=1S/C34H49N3O4/c1-10-12-13-14-21-37(32(39)28(23(3)4)36-33(40)41-34(7,8)9)30(27-20-16-19-26(11-2)22-27)31(38)35-29-24(5)17-15-18-25(29)6/h11,15-20,22-23,28,30H,2,10,12-14,21H2,1,3-9H3,(H,35,38)(H,36,40). The highest BCUT2D eigenvalue weighted by Gasteiger charge is 2.37. The first-order chi connectivity index (χ1) is 19.3. The smallest absolute Gasteiger partial charge is 0.408 e. The van der Waals surface area contributed by atoms with E-state index in [-0.39, 0.29) is 17.7 Å². The summed E-state index contributed by atoms with van der Waals surface area (Å²) in [5.74, 6) is -0.879. The van der Waals surface area contributed by atoms with Gasteiger partial charge in [0.2, 0.25) is 5.91 Å². The highest BCUT2D eigenvalue weighted by molar-refractivity contribution is 6.00. The third-order valence-electron chi connectivity index (χ3n) is 6.89. The van der Waals surface area contributed by atoms with E-state index in [9.17, 15) is 14.4 Å². The van der Waals surface area contributed by atoms with Gasteiger partial charge in [0.1, 0.15) is 17.7 Å². The maximum Gasteiger partial charge on any atom is 0.408 e. The zero-order valence-corrected chi connectivity index (χ0v) is 26.2. The molecule has 0 aliphatic heterocycles. The van der Waals surface area contributed by atoms with Crippen LogP contribution in [0.4, 0.5) is 10.5 Å². The molecule has 2 aromatic rings. The van der Waals surface area contributed by atoms with Crippen molar-refractivity contribution in [3.05, 3.63) is 71.3 Å². The fourth-order valence-corrected chi connectivity index (χ4v) is 4.73. The molecule has 2 rings (SSSR count). The molecule has 0 spiro atoms. The van der Waals surface area contributed by atoms with Gasteiger partial charge in [0.05, 0.1) is 0 Å². The number of ether oxygens (including phenoxy) is 1. The van der Waals surface area contributed by atoms with Gasteiger partial charge >= 0.3 is 6.09 Å². The molecular formula is C34H49N3O4. The molecule has 0 bridgehead atoms. The summed E-state index contributed by atoms with van der Waals surface area (Å²) in [6.45, 7) is 19.4. The van der Waals surface area contributed by atoms with E-state index in [2.05, 4.69) is 24.1 Å².